The summed E-state index contributed by atoms with van der Waals surface area (Å²) in [6.45, 7) is 6.80. The molecule has 2 N–H and O–H groups in total. The average Bonchev–Trinajstić information content (AvgIpc) is 2.77. The van der Waals surface area contributed by atoms with Crippen molar-refractivity contribution < 1.29 is 0 Å². The van der Waals surface area contributed by atoms with Gasteiger partial charge in [-0.25, -0.2) is 4.99 Å². The van der Waals surface area contributed by atoms with Crippen molar-refractivity contribution in [1.29, 1.82) is 0 Å². The van der Waals surface area contributed by atoms with Crippen LogP contribution in [-0.2, 0) is 13.6 Å². The minimum atomic E-state index is 0. The molecular weight excluding hydrogens is 353 g/mol. The molecule has 0 aliphatic carbocycles. The van der Waals surface area contributed by atoms with Gasteiger partial charge in [0.1, 0.15) is 0 Å². The molecule has 0 fully saturated rings. The zero-order valence-corrected chi connectivity index (χ0v) is 14.5. The lowest BCUT2D eigenvalue weighted by molar-refractivity contribution is 0.678. The Hall–Kier alpha value is -0.790. The molecule has 1 heterocycles. The van der Waals surface area contributed by atoms with Crippen LogP contribution < -0.4 is 10.6 Å². The lowest BCUT2D eigenvalue weighted by Crippen LogP contribution is -2.37. The fraction of sp³-hybridized carbons (Fsp3) is 0.692. The van der Waals surface area contributed by atoms with Crippen molar-refractivity contribution in [3.05, 3.63) is 18.0 Å². The molecule has 0 saturated carbocycles. The van der Waals surface area contributed by atoms with Crippen molar-refractivity contribution in [2.75, 3.05) is 13.1 Å². The summed E-state index contributed by atoms with van der Waals surface area (Å²) < 4.78 is 1.85. The van der Waals surface area contributed by atoms with Gasteiger partial charge in [0.15, 0.2) is 5.96 Å². The van der Waals surface area contributed by atoms with E-state index in [0.29, 0.717) is 6.54 Å². The van der Waals surface area contributed by atoms with E-state index in [-0.39, 0.29) is 24.0 Å². The molecule has 1 aromatic rings. The smallest absolute Gasteiger partial charge is 0.191 e. The van der Waals surface area contributed by atoms with E-state index in [0.717, 1.165) is 24.7 Å². The Morgan fingerprint density at radius 1 is 1.32 bits per heavy atom. The molecule has 6 heteroatoms. The highest BCUT2D eigenvalue weighted by atomic mass is 127. The van der Waals surface area contributed by atoms with Crippen molar-refractivity contribution in [2.24, 2.45) is 12.0 Å². The topological polar surface area (TPSA) is 54.2 Å². The molecule has 1 aromatic heterocycles. The Bertz CT molecular complexity index is 362. The van der Waals surface area contributed by atoms with Gasteiger partial charge in [-0.15, -0.1) is 24.0 Å². The average molecular weight is 379 g/mol. The number of hydrogen-bond acceptors (Lipinski definition) is 2. The molecule has 0 amide bonds. The van der Waals surface area contributed by atoms with Gasteiger partial charge in [-0.2, -0.15) is 5.10 Å². The van der Waals surface area contributed by atoms with Gasteiger partial charge in [-0.1, -0.05) is 19.8 Å². The summed E-state index contributed by atoms with van der Waals surface area (Å²) in [5.74, 6) is 0.884. The van der Waals surface area contributed by atoms with E-state index in [1.807, 2.05) is 17.8 Å². The van der Waals surface area contributed by atoms with Gasteiger partial charge in [0, 0.05) is 26.3 Å². The Morgan fingerprint density at radius 3 is 2.68 bits per heavy atom. The van der Waals surface area contributed by atoms with Crippen molar-refractivity contribution in [1.82, 2.24) is 20.4 Å². The molecule has 0 radical (unpaired) electrons. The third kappa shape index (κ3) is 7.39. The van der Waals surface area contributed by atoms with Gasteiger partial charge in [-0.05, 0) is 19.4 Å². The number of aliphatic imine (C=N–C) groups is 1. The predicted octanol–water partition coefficient (Wildman–Crippen LogP) is 2.28. The summed E-state index contributed by atoms with van der Waals surface area (Å²) in [4.78, 5) is 4.55. The summed E-state index contributed by atoms with van der Waals surface area (Å²) in [6, 6.07) is 1.99. The van der Waals surface area contributed by atoms with Crippen LogP contribution in [0.5, 0.6) is 0 Å². The molecule has 0 aliphatic rings. The number of nitrogens with one attached hydrogen (secondary N) is 2. The van der Waals surface area contributed by atoms with Crippen molar-refractivity contribution in [3.63, 3.8) is 0 Å². The first-order chi connectivity index (χ1) is 8.77. The molecule has 19 heavy (non-hydrogen) atoms. The maximum atomic E-state index is 4.55. The highest BCUT2D eigenvalue weighted by Crippen LogP contribution is 1.98. The third-order valence-electron chi connectivity index (χ3n) is 2.74. The first kappa shape index (κ1) is 18.2. The second-order valence-corrected chi connectivity index (χ2v) is 4.28. The zero-order chi connectivity index (χ0) is 13.2. The quantitative estimate of drug-likeness (QED) is 0.331. The minimum absolute atomic E-state index is 0. The van der Waals surface area contributed by atoms with E-state index < -0.39 is 0 Å². The SMILES string of the molecule is CCCCCNC(=NCc1ccnn1C)NCC.I. The highest BCUT2D eigenvalue weighted by Gasteiger charge is 1.99. The molecule has 0 aliphatic heterocycles. The number of guanidine groups is 1. The normalized spacial score (nSPS) is 11.0. The van der Waals surface area contributed by atoms with Gasteiger partial charge < -0.3 is 10.6 Å². The van der Waals surface area contributed by atoms with Crippen molar-refractivity contribution in [3.8, 4) is 0 Å². The van der Waals surface area contributed by atoms with Crippen molar-refractivity contribution >= 4 is 29.9 Å². The van der Waals surface area contributed by atoms with Crippen LogP contribution in [-0.4, -0.2) is 28.8 Å². The zero-order valence-electron chi connectivity index (χ0n) is 12.1. The Labute approximate surface area is 133 Å². The first-order valence-electron chi connectivity index (χ1n) is 6.77. The lowest BCUT2D eigenvalue weighted by Gasteiger charge is -2.10. The van der Waals surface area contributed by atoms with E-state index in [1.165, 1.54) is 19.3 Å². The summed E-state index contributed by atoms with van der Waals surface area (Å²) in [6.07, 6.45) is 5.48. The van der Waals surface area contributed by atoms with Gasteiger partial charge in [0.05, 0.1) is 12.2 Å². The third-order valence-corrected chi connectivity index (χ3v) is 2.74. The van der Waals surface area contributed by atoms with Crippen LogP contribution in [0.15, 0.2) is 17.3 Å². The highest BCUT2D eigenvalue weighted by molar-refractivity contribution is 14.0. The molecule has 0 spiro atoms. The van der Waals surface area contributed by atoms with E-state index in [2.05, 4.69) is 34.6 Å². The fourth-order valence-electron chi connectivity index (χ4n) is 1.64. The largest absolute Gasteiger partial charge is 0.357 e. The molecule has 0 atom stereocenters. The predicted molar refractivity (Wildman–Crippen MR) is 91.0 cm³/mol. The van der Waals surface area contributed by atoms with Crippen LogP contribution in [0, 0.1) is 0 Å². The maximum Gasteiger partial charge on any atom is 0.191 e. The summed E-state index contributed by atoms with van der Waals surface area (Å²) in [5, 5.41) is 10.7. The Morgan fingerprint density at radius 2 is 2.11 bits per heavy atom. The first-order valence-corrected chi connectivity index (χ1v) is 6.77. The molecule has 1 rings (SSSR count). The van der Waals surface area contributed by atoms with E-state index in [4.69, 9.17) is 0 Å². The minimum Gasteiger partial charge on any atom is -0.357 e. The Balaban J connectivity index is 0.00000324. The molecule has 0 aromatic carbocycles. The molecule has 0 saturated heterocycles. The summed E-state index contributed by atoms with van der Waals surface area (Å²) in [5.41, 5.74) is 1.11. The number of unbranched alkanes of at least 4 members (excludes halogenated alkanes) is 2. The maximum absolute atomic E-state index is 4.55. The van der Waals surface area contributed by atoms with Gasteiger partial charge in [0.25, 0.3) is 0 Å². The van der Waals surface area contributed by atoms with Crippen LogP contribution in [0.4, 0.5) is 0 Å². The molecule has 0 bridgehead atoms. The van der Waals surface area contributed by atoms with E-state index >= 15 is 0 Å². The summed E-state index contributed by atoms with van der Waals surface area (Å²) >= 11 is 0. The molecule has 110 valence electrons. The fourth-order valence-corrected chi connectivity index (χ4v) is 1.64. The van der Waals surface area contributed by atoms with Crippen LogP contribution in [0.25, 0.3) is 0 Å². The number of halogens is 1. The summed E-state index contributed by atoms with van der Waals surface area (Å²) in [7, 11) is 1.94. The number of aryl methyl sites for hydroxylation is 1. The standard InChI is InChI=1S/C13H25N5.HI/c1-4-6-7-9-15-13(14-5-2)16-11-12-8-10-17-18(12)3;/h8,10H,4-7,9,11H2,1-3H3,(H2,14,15,16);1H. The number of nitrogens with zero attached hydrogens (tertiary/aromatic N) is 3. The number of hydrogen-bond donors (Lipinski definition) is 2. The lowest BCUT2D eigenvalue weighted by atomic mass is 10.2. The van der Waals surface area contributed by atoms with Crippen LogP contribution >= 0.6 is 24.0 Å². The molecule has 0 unspecified atom stereocenters. The molecular formula is C13H26IN5. The second-order valence-electron chi connectivity index (χ2n) is 4.28. The number of aromatic nitrogens is 2. The monoisotopic (exact) mass is 379 g/mol. The van der Waals surface area contributed by atoms with Crippen LogP contribution in [0.2, 0.25) is 0 Å². The van der Waals surface area contributed by atoms with Crippen LogP contribution in [0.1, 0.15) is 38.8 Å². The van der Waals surface area contributed by atoms with E-state index in [1.54, 1.807) is 6.20 Å². The van der Waals surface area contributed by atoms with E-state index in [9.17, 15) is 0 Å². The number of rotatable bonds is 7. The molecule has 5 nitrogen and oxygen atoms in total. The van der Waals surface area contributed by atoms with Gasteiger partial charge >= 0.3 is 0 Å². The van der Waals surface area contributed by atoms with Gasteiger partial charge in [-0.3, -0.25) is 4.68 Å². The second kappa shape index (κ2) is 11.1. The van der Waals surface area contributed by atoms with Crippen molar-refractivity contribution in [2.45, 2.75) is 39.7 Å². The Kier molecular flexibility index (Phi) is 10.6. The van der Waals surface area contributed by atoms with Gasteiger partial charge in [0.2, 0.25) is 0 Å². The van der Waals surface area contributed by atoms with Crippen LogP contribution in [0.3, 0.4) is 0 Å².